The van der Waals surface area contributed by atoms with Gasteiger partial charge >= 0.3 is 0 Å². The summed E-state index contributed by atoms with van der Waals surface area (Å²) >= 11 is 8.22. The highest BCUT2D eigenvalue weighted by atomic mass is 127. The molecule has 0 aliphatic carbocycles. The van der Waals surface area contributed by atoms with Crippen LogP contribution in [0.1, 0.15) is 26.7 Å². The standard InChI is InChI=1S/C21H19IS3/c1-3-13-12-24-16(4-2)21-15(18-9-10-19(22)25-18)8-7-14(20(13)21)17-6-5-11-23-17/h5-11H,3-4,12H2,1-2H3. The highest BCUT2D eigenvalue weighted by Crippen LogP contribution is 2.33. The van der Waals surface area contributed by atoms with Gasteiger partial charge < -0.3 is 0 Å². The van der Waals surface area contributed by atoms with Crippen LogP contribution in [0.25, 0.3) is 31.4 Å². The third kappa shape index (κ3) is 3.27. The predicted octanol–water partition coefficient (Wildman–Crippen LogP) is 6.57. The van der Waals surface area contributed by atoms with Gasteiger partial charge in [0.05, 0.1) is 2.88 Å². The van der Waals surface area contributed by atoms with Crippen molar-refractivity contribution in [3.8, 4) is 20.9 Å². The largest absolute Gasteiger partial charge is 0.144 e. The van der Waals surface area contributed by atoms with E-state index in [0.717, 1.165) is 18.6 Å². The van der Waals surface area contributed by atoms with Gasteiger partial charge in [0.25, 0.3) is 0 Å². The Morgan fingerprint density at radius 1 is 0.920 bits per heavy atom. The van der Waals surface area contributed by atoms with Crippen LogP contribution in [-0.4, -0.2) is 5.75 Å². The Kier molecular flexibility index (Phi) is 5.41. The van der Waals surface area contributed by atoms with Crippen LogP contribution < -0.4 is 10.4 Å². The molecule has 4 heteroatoms. The zero-order valence-corrected chi connectivity index (χ0v) is 18.9. The van der Waals surface area contributed by atoms with Gasteiger partial charge in [0.1, 0.15) is 0 Å². The molecule has 0 amide bonds. The maximum atomic E-state index is 2.43. The van der Waals surface area contributed by atoms with Gasteiger partial charge in [-0.25, -0.2) is 0 Å². The van der Waals surface area contributed by atoms with Gasteiger partial charge in [-0.3, -0.25) is 0 Å². The zero-order chi connectivity index (χ0) is 17.4. The molecule has 0 radical (unpaired) electrons. The summed E-state index contributed by atoms with van der Waals surface area (Å²) in [6, 6.07) is 13.6. The van der Waals surface area contributed by atoms with Crippen LogP contribution in [0.2, 0.25) is 0 Å². The van der Waals surface area contributed by atoms with Crippen LogP contribution in [0, 0.1) is 2.88 Å². The van der Waals surface area contributed by atoms with E-state index in [1.807, 2.05) is 34.4 Å². The van der Waals surface area contributed by atoms with Gasteiger partial charge in [-0.05, 0) is 74.7 Å². The van der Waals surface area contributed by atoms with Crippen molar-refractivity contribution in [1.29, 1.82) is 0 Å². The monoisotopic (exact) mass is 494 g/mol. The van der Waals surface area contributed by atoms with Crippen molar-refractivity contribution in [2.75, 3.05) is 5.75 Å². The average Bonchev–Trinajstić information content (AvgIpc) is 3.31. The normalized spacial score (nSPS) is 14.0. The second-order valence-electron chi connectivity index (χ2n) is 6.01. The first-order chi connectivity index (χ1) is 12.2. The summed E-state index contributed by atoms with van der Waals surface area (Å²) in [4.78, 5) is 4.32. The fraction of sp³-hybridized carbons (Fsp3) is 0.238. The Balaban J connectivity index is 2.16. The summed E-state index contributed by atoms with van der Waals surface area (Å²) in [6.07, 6.45) is 2.23. The maximum Gasteiger partial charge on any atom is 0.0660 e. The summed E-state index contributed by atoms with van der Waals surface area (Å²) in [7, 11) is 0. The Bertz CT molecular complexity index is 1030. The third-order valence-electron chi connectivity index (χ3n) is 4.63. The lowest BCUT2D eigenvalue weighted by Crippen LogP contribution is -2.35. The predicted molar refractivity (Wildman–Crippen MR) is 125 cm³/mol. The van der Waals surface area contributed by atoms with Crippen molar-refractivity contribution < 1.29 is 0 Å². The Hall–Kier alpha value is -0.560. The molecule has 1 aromatic carbocycles. The van der Waals surface area contributed by atoms with Crippen LogP contribution in [0.4, 0.5) is 0 Å². The van der Waals surface area contributed by atoms with E-state index in [-0.39, 0.29) is 0 Å². The van der Waals surface area contributed by atoms with E-state index in [1.165, 1.54) is 34.2 Å². The Morgan fingerprint density at radius 2 is 1.72 bits per heavy atom. The van der Waals surface area contributed by atoms with E-state index in [0.29, 0.717) is 0 Å². The van der Waals surface area contributed by atoms with Crippen LogP contribution in [0.5, 0.6) is 0 Å². The number of halogens is 1. The minimum atomic E-state index is 1.11. The molecule has 0 fully saturated rings. The van der Waals surface area contributed by atoms with E-state index >= 15 is 0 Å². The second-order valence-corrected chi connectivity index (χ2v) is 11.0. The van der Waals surface area contributed by atoms with Crippen LogP contribution in [-0.2, 0) is 0 Å². The zero-order valence-electron chi connectivity index (χ0n) is 14.3. The molecule has 0 nitrogen and oxygen atoms in total. The molecule has 0 bridgehead atoms. The minimum Gasteiger partial charge on any atom is -0.144 e. The molecule has 25 heavy (non-hydrogen) atoms. The second kappa shape index (κ2) is 7.59. The van der Waals surface area contributed by atoms with Gasteiger partial charge in [0.2, 0.25) is 0 Å². The van der Waals surface area contributed by atoms with Crippen LogP contribution in [0.15, 0.2) is 41.8 Å². The first-order valence-corrected chi connectivity index (χ1v) is 12.3. The maximum absolute atomic E-state index is 2.43. The van der Waals surface area contributed by atoms with Gasteiger partial charge in [-0.15, -0.1) is 34.4 Å². The number of thioether (sulfide) groups is 1. The summed E-state index contributed by atoms with van der Waals surface area (Å²) in [6.45, 7) is 4.60. The minimum absolute atomic E-state index is 1.11. The van der Waals surface area contributed by atoms with Gasteiger partial charge in [0, 0.05) is 26.3 Å². The topological polar surface area (TPSA) is 0 Å². The molecule has 0 atom stereocenters. The molecule has 1 aliphatic heterocycles. The number of benzene rings is 1. The number of thiophene rings is 2. The fourth-order valence-corrected chi connectivity index (χ4v) is 7.11. The molecule has 128 valence electrons. The van der Waals surface area contributed by atoms with Gasteiger partial charge in [-0.2, -0.15) is 0 Å². The molecule has 0 saturated heterocycles. The number of fused-ring (bicyclic) bond motifs is 1. The lowest BCUT2D eigenvalue weighted by Gasteiger charge is -2.19. The van der Waals surface area contributed by atoms with E-state index < -0.39 is 0 Å². The first kappa shape index (κ1) is 17.8. The molecule has 0 N–H and O–H groups in total. The molecule has 3 aromatic rings. The quantitative estimate of drug-likeness (QED) is 0.370. The molecule has 1 aliphatic rings. The summed E-state index contributed by atoms with van der Waals surface area (Å²) in [5.41, 5.74) is 4.43. The lowest BCUT2D eigenvalue weighted by atomic mass is 9.97. The Labute approximate surface area is 174 Å². The first-order valence-electron chi connectivity index (χ1n) is 8.53. The number of hydrogen-bond acceptors (Lipinski definition) is 3. The van der Waals surface area contributed by atoms with Crippen LogP contribution in [0.3, 0.4) is 0 Å². The van der Waals surface area contributed by atoms with E-state index in [2.05, 4.69) is 78.2 Å². The van der Waals surface area contributed by atoms with Crippen molar-refractivity contribution in [3.05, 3.63) is 55.1 Å². The van der Waals surface area contributed by atoms with Crippen molar-refractivity contribution in [2.24, 2.45) is 0 Å². The van der Waals surface area contributed by atoms with Crippen molar-refractivity contribution in [3.63, 3.8) is 0 Å². The summed E-state index contributed by atoms with van der Waals surface area (Å²) in [5.74, 6) is 1.14. The van der Waals surface area contributed by atoms with Gasteiger partial charge in [-0.1, -0.05) is 37.6 Å². The molecule has 0 spiro atoms. The van der Waals surface area contributed by atoms with Crippen LogP contribution >= 0.6 is 57.0 Å². The fourth-order valence-electron chi connectivity index (χ4n) is 3.44. The summed E-state index contributed by atoms with van der Waals surface area (Å²) in [5, 5.41) is 5.20. The molecular formula is C21H19IS3. The molecule has 2 aromatic heterocycles. The highest BCUT2D eigenvalue weighted by Gasteiger charge is 2.18. The number of rotatable bonds is 4. The van der Waals surface area contributed by atoms with Crippen molar-refractivity contribution in [2.45, 2.75) is 26.7 Å². The average molecular weight is 494 g/mol. The summed E-state index contributed by atoms with van der Waals surface area (Å²) < 4.78 is 1.35. The lowest BCUT2D eigenvalue weighted by molar-refractivity contribution is 1.19. The molecule has 3 heterocycles. The highest BCUT2D eigenvalue weighted by molar-refractivity contribution is 14.1. The Morgan fingerprint density at radius 3 is 2.32 bits per heavy atom. The molecule has 0 saturated carbocycles. The van der Waals surface area contributed by atoms with E-state index in [4.69, 9.17) is 0 Å². The van der Waals surface area contributed by atoms with Gasteiger partial charge in [0.15, 0.2) is 0 Å². The smallest absolute Gasteiger partial charge is 0.0660 e. The SMILES string of the molecule is CCC1=c2c(-c3cccs3)ccc(-c3ccc(I)s3)c2=C(CC)SC1. The molecule has 4 rings (SSSR count). The molecular weight excluding hydrogens is 475 g/mol. The van der Waals surface area contributed by atoms with Crippen molar-refractivity contribution >= 4 is 67.5 Å². The van der Waals surface area contributed by atoms with Crippen molar-refractivity contribution in [1.82, 2.24) is 0 Å². The van der Waals surface area contributed by atoms with E-state index in [1.54, 1.807) is 10.5 Å². The number of hydrogen-bond donors (Lipinski definition) is 0. The molecule has 0 unspecified atom stereocenters. The van der Waals surface area contributed by atoms with E-state index in [9.17, 15) is 0 Å². The third-order valence-corrected chi connectivity index (χ3v) is 8.80.